The second-order valence-electron chi connectivity index (χ2n) is 3.62. The molecule has 0 atom stereocenters. The maximum atomic E-state index is 5.47. The van der Waals surface area contributed by atoms with Gasteiger partial charge in [0, 0.05) is 0 Å². The van der Waals surface area contributed by atoms with E-state index in [4.69, 9.17) is 4.74 Å². The van der Waals surface area contributed by atoms with Gasteiger partial charge in [0.2, 0.25) is 0 Å². The smallest absolute Gasteiger partial charge is 0.119 e. The van der Waals surface area contributed by atoms with E-state index in [1.54, 1.807) is 0 Å². The zero-order chi connectivity index (χ0) is 9.26. The minimum absolute atomic E-state index is 0.730. The van der Waals surface area contributed by atoms with Gasteiger partial charge in [-0.1, -0.05) is 6.07 Å². The van der Waals surface area contributed by atoms with Crippen molar-refractivity contribution in [2.45, 2.75) is 25.7 Å². The molecule has 0 saturated heterocycles. The van der Waals surface area contributed by atoms with Crippen LogP contribution in [0.4, 0.5) is 0 Å². The normalized spacial score (nSPS) is 15.8. The minimum Gasteiger partial charge on any atom is -0.494 e. The Balaban J connectivity index is 2.25. The predicted octanol–water partition coefficient (Wildman–Crippen LogP) is 3.14. The monoisotopic (exact) mass is 175 g/mol. The van der Waals surface area contributed by atoms with E-state index in [9.17, 15) is 0 Å². The molecule has 69 valence electrons. The van der Waals surface area contributed by atoms with E-state index in [0.29, 0.717) is 0 Å². The average molecular weight is 175 g/mol. The quantitative estimate of drug-likeness (QED) is 0.685. The lowest BCUT2D eigenvalue weighted by Crippen LogP contribution is -1.93. The van der Waals surface area contributed by atoms with Crippen LogP contribution in [0.25, 0.3) is 0 Å². The van der Waals surface area contributed by atoms with E-state index in [1.807, 2.05) is 13.0 Å². The van der Waals surface area contributed by atoms with E-state index in [1.165, 1.54) is 18.4 Å². The number of hydrogen-bond donors (Lipinski definition) is 0. The largest absolute Gasteiger partial charge is 0.494 e. The fourth-order valence-electron chi connectivity index (χ4n) is 1.59. The number of hydrogen-bond acceptors (Lipinski definition) is 1. The summed E-state index contributed by atoms with van der Waals surface area (Å²) in [4.78, 5) is 0. The Morgan fingerprint density at radius 2 is 2.15 bits per heavy atom. The van der Waals surface area contributed by atoms with Gasteiger partial charge in [0.15, 0.2) is 0 Å². The van der Waals surface area contributed by atoms with Gasteiger partial charge < -0.3 is 4.74 Å². The van der Waals surface area contributed by atoms with Gasteiger partial charge in [-0.3, -0.25) is 0 Å². The third-order valence-electron chi connectivity index (χ3n) is 2.35. The molecule has 0 spiro atoms. The lowest BCUT2D eigenvalue weighted by Gasteiger charge is -2.07. The van der Waals surface area contributed by atoms with E-state index in [0.717, 1.165) is 23.8 Å². The van der Waals surface area contributed by atoms with E-state index >= 15 is 0 Å². The van der Waals surface area contributed by atoms with Crippen molar-refractivity contribution in [3.63, 3.8) is 0 Å². The second kappa shape index (κ2) is 3.41. The van der Waals surface area contributed by atoms with Crippen LogP contribution in [0.5, 0.6) is 5.75 Å². The van der Waals surface area contributed by atoms with Gasteiger partial charge in [-0.25, -0.2) is 0 Å². The Morgan fingerprint density at radius 1 is 1.38 bits per heavy atom. The summed E-state index contributed by atoms with van der Waals surface area (Å²) < 4.78 is 5.47. The molecular weight excluding hydrogens is 160 g/mol. The van der Waals surface area contributed by atoms with E-state index in [-0.39, 0.29) is 0 Å². The van der Waals surface area contributed by atoms with Gasteiger partial charge in [0.1, 0.15) is 5.75 Å². The van der Waals surface area contributed by atoms with Gasteiger partial charge in [0.25, 0.3) is 0 Å². The summed E-state index contributed by atoms with van der Waals surface area (Å²) in [7, 11) is 0. The highest BCUT2D eigenvalue weighted by Crippen LogP contribution is 2.41. The van der Waals surface area contributed by atoms with Crippen LogP contribution in [0.15, 0.2) is 18.2 Å². The second-order valence-corrected chi connectivity index (χ2v) is 3.62. The third kappa shape index (κ3) is 2.03. The molecule has 13 heavy (non-hydrogen) atoms. The standard InChI is InChI=1S/C12H15O/c1-3-13-12-7-9(2)6-11(8-12)10-4-5-10/h6-8,10H,2-5H2,1H3. The Kier molecular flexibility index (Phi) is 2.26. The molecule has 1 aliphatic rings. The van der Waals surface area contributed by atoms with Crippen LogP contribution in [0.1, 0.15) is 36.8 Å². The molecule has 1 nitrogen and oxygen atoms in total. The molecule has 1 saturated carbocycles. The first-order valence-corrected chi connectivity index (χ1v) is 4.89. The molecule has 0 aromatic heterocycles. The van der Waals surface area contributed by atoms with Gasteiger partial charge >= 0.3 is 0 Å². The maximum absolute atomic E-state index is 5.47. The highest BCUT2D eigenvalue weighted by Gasteiger charge is 2.23. The molecule has 1 heteroatoms. The van der Waals surface area contributed by atoms with Crippen LogP contribution in [0.3, 0.4) is 0 Å². The molecule has 2 rings (SSSR count). The summed E-state index contributed by atoms with van der Waals surface area (Å²) in [5.74, 6) is 1.75. The fourth-order valence-corrected chi connectivity index (χ4v) is 1.59. The number of rotatable bonds is 3. The SMILES string of the molecule is [CH2]c1cc(OCC)cc(C2CC2)c1. The van der Waals surface area contributed by atoms with Crippen molar-refractivity contribution in [3.05, 3.63) is 36.2 Å². The Morgan fingerprint density at radius 3 is 2.77 bits per heavy atom. The number of benzene rings is 1. The predicted molar refractivity (Wildman–Crippen MR) is 54.0 cm³/mol. The molecule has 0 bridgehead atoms. The zero-order valence-corrected chi connectivity index (χ0v) is 8.05. The van der Waals surface area contributed by atoms with Crippen molar-refractivity contribution in [2.24, 2.45) is 0 Å². The van der Waals surface area contributed by atoms with Crippen molar-refractivity contribution < 1.29 is 4.74 Å². The van der Waals surface area contributed by atoms with Crippen molar-refractivity contribution in [1.29, 1.82) is 0 Å². The summed E-state index contributed by atoms with van der Waals surface area (Å²) in [5, 5.41) is 0. The highest BCUT2D eigenvalue weighted by atomic mass is 16.5. The molecule has 1 fully saturated rings. The lowest BCUT2D eigenvalue weighted by molar-refractivity contribution is 0.340. The van der Waals surface area contributed by atoms with Crippen LogP contribution >= 0.6 is 0 Å². The molecule has 1 aromatic carbocycles. The Labute approximate surface area is 79.7 Å². The molecule has 0 amide bonds. The molecule has 0 N–H and O–H groups in total. The van der Waals surface area contributed by atoms with Crippen molar-refractivity contribution in [2.75, 3.05) is 6.61 Å². The molecule has 0 aliphatic heterocycles. The van der Waals surface area contributed by atoms with Gasteiger partial charge in [0.05, 0.1) is 6.61 Å². The van der Waals surface area contributed by atoms with E-state index < -0.39 is 0 Å². The molecule has 0 heterocycles. The fraction of sp³-hybridized carbons (Fsp3) is 0.417. The summed E-state index contributed by atoms with van der Waals surface area (Å²) in [6.45, 7) is 6.69. The van der Waals surface area contributed by atoms with Crippen LogP contribution in [-0.4, -0.2) is 6.61 Å². The Hall–Kier alpha value is -0.980. The molecule has 1 radical (unpaired) electrons. The first-order chi connectivity index (χ1) is 6.29. The topological polar surface area (TPSA) is 9.23 Å². The van der Waals surface area contributed by atoms with Crippen LogP contribution in [-0.2, 0) is 0 Å². The highest BCUT2D eigenvalue weighted by molar-refractivity contribution is 5.39. The van der Waals surface area contributed by atoms with Crippen molar-refractivity contribution in [1.82, 2.24) is 0 Å². The molecular formula is C12H15O. The molecule has 1 aromatic rings. The first kappa shape index (κ1) is 8.61. The summed E-state index contributed by atoms with van der Waals surface area (Å²) >= 11 is 0. The molecule has 1 aliphatic carbocycles. The third-order valence-corrected chi connectivity index (χ3v) is 2.35. The van der Waals surface area contributed by atoms with Crippen molar-refractivity contribution in [3.8, 4) is 5.75 Å². The van der Waals surface area contributed by atoms with Gasteiger partial charge in [-0.05, 0) is 55.9 Å². The van der Waals surface area contributed by atoms with Gasteiger partial charge in [-0.15, -0.1) is 0 Å². The lowest BCUT2D eigenvalue weighted by atomic mass is 10.1. The van der Waals surface area contributed by atoms with Gasteiger partial charge in [-0.2, -0.15) is 0 Å². The van der Waals surface area contributed by atoms with E-state index in [2.05, 4.69) is 19.1 Å². The first-order valence-electron chi connectivity index (χ1n) is 4.89. The summed E-state index contributed by atoms with van der Waals surface area (Å²) in [5.41, 5.74) is 2.46. The molecule has 0 unspecified atom stereocenters. The maximum Gasteiger partial charge on any atom is 0.119 e. The summed E-state index contributed by atoms with van der Waals surface area (Å²) in [6.07, 6.45) is 2.66. The number of ether oxygens (including phenoxy) is 1. The van der Waals surface area contributed by atoms with Crippen molar-refractivity contribution >= 4 is 0 Å². The van der Waals surface area contributed by atoms with Crippen LogP contribution < -0.4 is 4.74 Å². The zero-order valence-electron chi connectivity index (χ0n) is 8.05. The Bertz CT molecular complexity index is 300. The van der Waals surface area contributed by atoms with Crippen LogP contribution in [0, 0.1) is 6.92 Å². The summed E-state index contributed by atoms with van der Waals surface area (Å²) in [6, 6.07) is 6.31. The minimum atomic E-state index is 0.730. The average Bonchev–Trinajstić information content (AvgIpc) is 2.85. The van der Waals surface area contributed by atoms with Crippen LogP contribution in [0.2, 0.25) is 0 Å².